The second kappa shape index (κ2) is 16.1. The lowest BCUT2D eigenvalue weighted by Crippen LogP contribution is -3.00. The smallest absolute Gasteiger partial charge is 0.0783 e. The number of quaternary nitrogens is 2. The zero-order chi connectivity index (χ0) is 14.7. The summed E-state index contributed by atoms with van der Waals surface area (Å²) in [7, 11) is 8.50. The van der Waals surface area contributed by atoms with Crippen LogP contribution in [0.4, 0.5) is 0 Å². The first-order valence-corrected chi connectivity index (χ1v) is 7.88. The fraction of sp³-hybridized carbons (Fsp3) is 1.00. The lowest BCUT2D eigenvalue weighted by atomic mass is 10.2. The summed E-state index contributed by atoms with van der Waals surface area (Å²) in [6, 6.07) is 0. The van der Waals surface area contributed by atoms with Crippen molar-refractivity contribution in [2.45, 2.75) is 53.4 Å². The van der Waals surface area contributed by atoms with Gasteiger partial charge in [0.05, 0.1) is 54.4 Å². The molecule has 0 aromatic heterocycles. The molecule has 0 aromatic rings. The number of hydrogen-bond donors (Lipinski definition) is 0. The minimum Gasteiger partial charge on any atom is -1.00 e. The molecule has 0 spiro atoms. The van der Waals surface area contributed by atoms with E-state index in [2.05, 4.69) is 55.9 Å². The second-order valence-corrected chi connectivity index (χ2v) is 6.92. The molecular weight excluding hydrogens is 336 g/mol. The van der Waals surface area contributed by atoms with Gasteiger partial charge in [-0.25, -0.2) is 0 Å². The number of halogens is 2. The van der Waals surface area contributed by atoms with Gasteiger partial charge in [-0.2, -0.15) is 0 Å². The Hall–Kier alpha value is 0.690. The van der Waals surface area contributed by atoms with Crippen molar-refractivity contribution in [3.8, 4) is 0 Å². The number of nitrogens with zero attached hydrogens (tertiary/aromatic N) is 2. The van der Waals surface area contributed by atoms with Crippen LogP contribution in [0.15, 0.2) is 0 Å². The van der Waals surface area contributed by atoms with Gasteiger partial charge in [0.25, 0.3) is 0 Å². The van der Waals surface area contributed by atoms with Crippen LogP contribution in [0.2, 0.25) is 0 Å². The molecule has 0 radical (unpaired) electrons. The van der Waals surface area contributed by atoms with E-state index >= 15 is 0 Å². The molecule has 0 N–H and O–H groups in total. The summed E-state index contributed by atoms with van der Waals surface area (Å²) >= 11 is 0. The van der Waals surface area contributed by atoms with E-state index < -0.39 is 0 Å². The predicted molar refractivity (Wildman–Crippen MR) is 84.8 cm³/mol. The standard InChI is InChI=1S/C12H28N.C4H12N.BrH.ClH/c1-5-9-13(10-6-2,11-7-3)12-8-4;1-5(2,3)4;;/h5-12H2,1-4H3;1-4H3;2*1H/q2*+1;;/p-2. The quantitative estimate of drug-likeness (QED) is 0.421. The molecular formula is C16H40BrClN2. The van der Waals surface area contributed by atoms with Crippen molar-refractivity contribution < 1.29 is 38.4 Å². The highest BCUT2D eigenvalue weighted by molar-refractivity contribution is 4.43. The first-order valence-electron chi connectivity index (χ1n) is 7.88. The van der Waals surface area contributed by atoms with E-state index in [1.165, 1.54) is 56.3 Å². The monoisotopic (exact) mass is 374 g/mol. The Bertz CT molecular complexity index is 146. The largest absolute Gasteiger partial charge is 1.00 e. The van der Waals surface area contributed by atoms with Gasteiger partial charge in [-0.05, 0) is 25.7 Å². The first kappa shape index (κ1) is 28.8. The molecule has 4 heteroatoms. The minimum absolute atomic E-state index is 0. The van der Waals surface area contributed by atoms with Gasteiger partial charge in [0.2, 0.25) is 0 Å². The summed E-state index contributed by atoms with van der Waals surface area (Å²) in [5.41, 5.74) is 0. The van der Waals surface area contributed by atoms with Crippen molar-refractivity contribution in [3.63, 3.8) is 0 Å². The third kappa shape index (κ3) is 21.0. The Morgan fingerprint density at radius 1 is 0.550 bits per heavy atom. The van der Waals surface area contributed by atoms with Crippen LogP contribution in [0, 0.1) is 0 Å². The number of rotatable bonds is 8. The molecule has 0 bridgehead atoms. The predicted octanol–water partition coefficient (Wildman–Crippen LogP) is -2.23. The lowest BCUT2D eigenvalue weighted by molar-refractivity contribution is -0.928. The summed E-state index contributed by atoms with van der Waals surface area (Å²) in [4.78, 5) is 0. The van der Waals surface area contributed by atoms with Gasteiger partial charge < -0.3 is 38.4 Å². The van der Waals surface area contributed by atoms with Gasteiger partial charge >= 0.3 is 0 Å². The second-order valence-electron chi connectivity index (χ2n) is 6.92. The summed E-state index contributed by atoms with van der Waals surface area (Å²) in [5.74, 6) is 0. The van der Waals surface area contributed by atoms with E-state index in [-0.39, 0.29) is 29.4 Å². The Kier molecular flexibility index (Phi) is 23.1. The summed E-state index contributed by atoms with van der Waals surface area (Å²) < 4.78 is 2.38. The number of hydrogen-bond acceptors (Lipinski definition) is 0. The highest BCUT2D eigenvalue weighted by atomic mass is 79.9. The van der Waals surface area contributed by atoms with Gasteiger partial charge in [0, 0.05) is 0 Å². The van der Waals surface area contributed by atoms with Gasteiger partial charge in [0.15, 0.2) is 0 Å². The van der Waals surface area contributed by atoms with Crippen molar-refractivity contribution in [3.05, 3.63) is 0 Å². The highest BCUT2D eigenvalue weighted by Crippen LogP contribution is 2.12. The first-order chi connectivity index (χ1) is 8.24. The molecule has 20 heavy (non-hydrogen) atoms. The maximum atomic E-state index is 2.31. The molecule has 0 amide bonds. The molecule has 0 atom stereocenters. The average molecular weight is 376 g/mol. The van der Waals surface area contributed by atoms with Crippen LogP contribution in [-0.2, 0) is 0 Å². The van der Waals surface area contributed by atoms with Crippen LogP contribution in [0.25, 0.3) is 0 Å². The van der Waals surface area contributed by atoms with E-state index in [4.69, 9.17) is 0 Å². The highest BCUT2D eigenvalue weighted by Gasteiger charge is 2.22. The molecule has 0 fully saturated rings. The Labute approximate surface area is 146 Å². The van der Waals surface area contributed by atoms with Gasteiger partial charge in [-0.15, -0.1) is 0 Å². The topological polar surface area (TPSA) is 0 Å². The van der Waals surface area contributed by atoms with Crippen molar-refractivity contribution in [1.82, 2.24) is 0 Å². The lowest BCUT2D eigenvalue weighted by Gasteiger charge is -2.38. The van der Waals surface area contributed by atoms with E-state index in [1.807, 2.05) is 0 Å². The van der Waals surface area contributed by atoms with Crippen molar-refractivity contribution in [2.24, 2.45) is 0 Å². The molecule has 0 unspecified atom stereocenters. The molecule has 2 nitrogen and oxygen atoms in total. The SMILES string of the molecule is CCC[N+](CCC)(CCC)CCC.C[N+](C)(C)C.[Br-].[Cl-]. The molecule has 0 aliphatic heterocycles. The van der Waals surface area contributed by atoms with Gasteiger partial charge in [0.1, 0.15) is 0 Å². The fourth-order valence-electron chi connectivity index (χ4n) is 2.57. The Balaban J connectivity index is -0.000000158. The third-order valence-corrected chi connectivity index (χ3v) is 2.79. The normalized spacial score (nSPS) is 10.8. The van der Waals surface area contributed by atoms with E-state index in [0.717, 1.165) is 4.48 Å². The van der Waals surface area contributed by atoms with E-state index in [0.29, 0.717) is 0 Å². The molecule has 0 saturated carbocycles. The maximum absolute atomic E-state index is 2.31. The van der Waals surface area contributed by atoms with Crippen LogP contribution in [0.3, 0.4) is 0 Å². The van der Waals surface area contributed by atoms with E-state index in [1.54, 1.807) is 0 Å². The third-order valence-electron chi connectivity index (χ3n) is 2.79. The molecule has 0 aliphatic carbocycles. The summed E-state index contributed by atoms with van der Waals surface area (Å²) in [6.07, 6.45) is 5.33. The summed E-state index contributed by atoms with van der Waals surface area (Å²) in [6.45, 7) is 14.8. The van der Waals surface area contributed by atoms with Crippen molar-refractivity contribution in [1.29, 1.82) is 0 Å². The van der Waals surface area contributed by atoms with Crippen LogP contribution in [0.1, 0.15) is 53.4 Å². The zero-order valence-electron chi connectivity index (χ0n) is 15.3. The average Bonchev–Trinajstić information content (AvgIpc) is 2.16. The molecule has 0 rings (SSSR count). The van der Waals surface area contributed by atoms with Gasteiger partial charge in [-0.3, -0.25) is 0 Å². The van der Waals surface area contributed by atoms with Crippen molar-refractivity contribution in [2.75, 3.05) is 54.4 Å². The van der Waals surface area contributed by atoms with E-state index in [9.17, 15) is 0 Å². The molecule has 0 saturated heterocycles. The minimum atomic E-state index is 0. The zero-order valence-corrected chi connectivity index (χ0v) is 17.6. The molecule has 0 heterocycles. The van der Waals surface area contributed by atoms with Gasteiger partial charge in [-0.1, -0.05) is 27.7 Å². The van der Waals surface area contributed by atoms with Crippen molar-refractivity contribution >= 4 is 0 Å². The van der Waals surface area contributed by atoms with Crippen LogP contribution in [-0.4, -0.2) is 63.3 Å². The maximum Gasteiger partial charge on any atom is 0.0783 e. The van der Waals surface area contributed by atoms with Crippen LogP contribution in [0.5, 0.6) is 0 Å². The molecule has 128 valence electrons. The summed E-state index contributed by atoms with van der Waals surface area (Å²) in [5, 5.41) is 0. The Morgan fingerprint density at radius 3 is 0.800 bits per heavy atom. The fourth-order valence-corrected chi connectivity index (χ4v) is 2.57. The Morgan fingerprint density at radius 2 is 0.700 bits per heavy atom. The molecule has 0 aliphatic rings. The van der Waals surface area contributed by atoms with Crippen LogP contribution >= 0.6 is 0 Å². The van der Waals surface area contributed by atoms with Crippen LogP contribution < -0.4 is 29.4 Å². The molecule has 0 aromatic carbocycles.